The SMILES string of the molecule is CN[C@@H](COC[C@H](C)O)C(O)O. The summed E-state index contributed by atoms with van der Waals surface area (Å²) in [6, 6.07) is -0.510. The highest BCUT2D eigenvalue weighted by Gasteiger charge is 2.14. The van der Waals surface area contributed by atoms with E-state index in [1.54, 1.807) is 14.0 Å². The van der Waals surface area contributed by atoms with Crippen molar-refractivity contribution in [2.45, 2.75) is 25.4 Å². The fourth-order valence-electron chi connectivity index (χ4n) is 0.684. The van der Waals surface area contributed by atoms with Gasteiger partial charge < -0.3 is 25.4 Å². The maximum Gasteiger partial charge on any atom is 0.169 e. The average Bonchev–Trinajstić information content (AvgIpc) is 1.96. The Balaban J connectivity index is 3.45. The van der Waals surface area contributed by atoms with Gasteiger partial charge in [0.2, 0.25) is 0 Å². The molecular weight excluding hydrogens is 162 g/mol. The molecule has 0 heterocycles. The summed E-state index contributed by atoms with van der Waals surface area (Å²) in [5, 5.41) is 28.9. The van der Waals surface area contributed by atoms with Gasteiger partial charge in [-0.25, -0.2) is 0 Å². The fraction of sp³-hybridized carbons (Fsp3) is 1.00. The third-order valence-corrected chi connectivity index (χ3v) is 1.39. The highest BCUT2D eigenvalue weighted by atomic mass is 16.5. The molecule has 0 saturated heterocycles. The summed E-state index contributed by atoms with van der Waals surface area (Å²) >= 11 is 0. The summed E-state index contributed by atoms with van der Waals surface area (Å²) in [5.41, 5.74) is 0. The molecule has 0 aromatic heterocycles. The molecule has 0 fully saturated rings. The van der Waals surface area contributed by atoms with Crippen molar-refractivity contribution >= 4 is 0 Å². The largest absolute Gasteiger partial charge is 0.391 e. The molecule has 74 valence electrons. The fourth-order valence-corrected chi connectivity index (χ4v) is 0.684. The molecule has 0 rings (SSSR count). The quantitative estimate of drug-likeness (QED) is 0.365. The van der Waals surface area contributed by atoms with Crippen LogP contribution in [0.5, 0.6) is 0 Å². The van der Waals surface area contributed by atoms with E-state index in [-0.39, 0.29) is 13.2 Å². The van der Waals surface area contributed by atoms with E-state index in [2.05, 4.69) is 5.32 Å². The summed E-state index contributed by atoms with van der Waals surface area (Å²) in [6.07, 6.45) is -1.97. The minimum Gasteiger partial charge on any atom is -0.391 e. The molecule has 0 bridgehead atoms. The van der Waals surface area contributed by atoms with E-state index in [0.29, 0.717) is 0 Å². The Labute approximate surface area is 72.0 Å². The van der Waals surface area contributed by atoms with Gasteiger partial charge in [-0.05, 0) is 14.0 Å². The smallest absolute Gasteiger partial charge is 0.169 e. The first kappa shape index (κ1) is 11.8. The van der Waals surface area contributed by atoms with Crippen molar-refractivity contribution in [3.05, 3.63) is 0 Å². The molecule has 0 saturated carbocycles. The Morgan fingerprint density at radius 2 is 1.83 bits per heavy atom. The van der Waals surface area contributed by atoms with Crippen molar-refractivity contribution < 1.29 is 20.1 Å². The lowest BCUT2D eigenvalue weighted by Crippen LogP contribution is -2.41. The predicted molar refractivity (Wildman–Crippen MR) is 43.6 cm³/mol. The van der Waals surface area contributed by atoms with Crippen LogP contribution in [0, 0.1) is 0 Å². The number of aliphatic hydroxyl groups excluding tert-OH is 2. The molecular formula is C7H17NO4. The average molecular weight is 179 g/mol. The summed E-state index contributed by atoms with van der Waals surface area (Å²) < 4.78 is 4.98. The predicted octanol–water partition coefficient (Wildman–Crippen LogP) is -1.72. The van der Waals surface area contributed by atoms with Gasteiger partial charge in [0.05, 0.1) is 25.4 Å². The van der Waals surface area contributed by atoms with Crippen molar-refractivity contribution in [1.29, 1.82) is 0 Å². The van der Waals surface area contributed by atoms with Crippen LogP contribution in [0.2, 0.25) is 0 Å². The normalized spacial score (nSPS) is 16.5. The van der Waals surface area contributed by atoms with Crippen molar-refractivity contribution in [3.8, 4) is 0 Å². The van der Waals surface area contributed by atoms with E-state index < -0.39 is 18.4 Å². The van der Waals surface area contributed by atoms with Crippen LogP contribution >= 0.6 is 0 Å². The summed E-state index contributed by atoms with van der Waals surface area (Å²) in [7, 11) is 1.61. The summed E-state index contributed by atoms with van der Waals surface area (Å²) in [4.78, 5) is 0. The highest BCUT2D eigenvalue weighted by molar-refractivity contribution is 4.64. The van der Waals surface area contributed by atoms with Gasteiger partial charge in [0, 0.05) is 0 Å². The van der Waals surface area contributed by atoms with E-state index in [4.69, 9.17) is 20.1 Å². The molecule has 4 N–H and O–H groups in total. The molecule has 0 aromatic rings. The number of nitrogens with one attached hydrogen (secondary N) is 1. The topological polar surface area (TPSA) is 82.0 Å². The van der Waals surface area contributed by atoms with E-state index in [1.807, 2.05) is 0 Å². The van der Waals surface area contributed by atoms with Crippen molar-refractivity contribution in [3.63, 3.8) is 0 Å². The molecule has 0 aliphatic carbocycles. The molecule has 12 heavy (non-hydrogen) atoms. The number of aliphatic hydroxyl groups is 3. The van der Waals surface area contributed by atoms with Crippen molar-refractivity contribution in [2.24, 2.45) is 0 Å². The van der Waals surface area contributed by atoms with Crippen molar-refractivity contribution in [1.82, 2.24) is 5.32 Å². The zero-order chi connectivity index (χ0) is 9.56. The molecule has 2 atom stereocenters. The van der Waals surface area contributed by atoms with Crippen LogP contribution in [-0.4, -0.2) is 54.0 Å². The molecule has 0 radical (unpaired) electrons. The number of rotatable bonds is 6. The number of hydrogen-bond acceptors (Lipinski definition) is 5. The van der Waals surface area contributed by atoms with Gasteiger partial charge in [-0.15, -0.1) is 0 Å². The Hall–Kier alpha value is -0.200. The van der Waals surface area contributed by atoms with E-state index in [0.717, 1.165) is 0 Å². The summed E-state index contributed by atoms with van der Waals surface area (Å²) in [5.74, 6) is 0. The van der Waals surface area contributed by atoms with Crippen LogP contribution in [0.15, 0.2) is 0 Å². The van der Waals surface area contributed by atoms with Gasteiger partial charge in [-0.2, -0.15) is 0 Å². The first-order valence-electron chi connectivity index (χ1n) is 3.87. The molecule has 0 unspecified atom stereocenters. The highest BCUT2D eigenvalue weighted by Crippen LogP contribution is 1.91. The first-order valence-corrected chi connectivity index (χ1v) is 3.87. The number of likely N-dealkylation sites (N-methyl/N-ethyl adjacent to an activating group) is 1. The van der Waals surface area contributed by atoms with Crippen LogP contribution in [0.1, 0.15) is 6.92 Å². The molecule has 0 amide bonds. The minimum atomic E-state index is -1.44. The molecule has 5 nitrogen and oxygen atoms in total. The van der Waals surface area contributed by atoms with Gasteiger partial charge in [-0.3, -0.25) is 0 Å². The van der Waals surface area contributed by atoms with E-state index in [9.17, 15) is 0 Å². The summed E-state index contributed by atoms with van der Waals surface area (Å²) in [6.45, 7) is 1.97. The maximum absolute atomic E-state index is 8.81. The van der Waals surface area contributed by atoms with Gasteiger partial charge in [0.15, 0.2) is 6.29 Å². The zero-order valence-corrected chi connectivity index (χ0v) is 7.40. The van der Waals surface area contributed by atoms with Crippen LogP contribution in [0.4, 0.5) is 0 Å². The Bertz CT molecular complexity index is 108. The third-order valence-electron chi connectivity index (χ3n) is 1.39. The monoisotopic (exact) mass is 179 g/mol. The second-order valence-corrected chi connectivity index (χ2v) is 2.70. The minimum absolute atomic E-state index is 0.166. The molecule has 0 aliphatic heterocycles. The van der Waals surface area contributed by atoms with Crippen LogP contribution in [-0.2, 0) is 4.74 Å². The van der Waals surface area contributed by atoms with Crippen LogP contribution in [0.3, 0.4) is 0 Å². The second-order valence-electron chi connectivity index (χ2n) is 2.70. The Morgan fingerprint density at radius 1 is 1.25 bits per heavy atom. The van der Waals surface area contributed by atoms with Crippen LogP contribution < -0.4 is 5.32 Å². The first-order chi connectivity index (χ1) is 5.57. The van der Waals surface area contributed by atoms with Gasteiger partial charge in [0.25, 0.3) is 0 Å². The van der Waals surface area contributed by atoms with Crippen molar-refractivity contribution in [2.75, 3.05) is 20.3 Å². The number of hydrogen-bond donors (Lipinski definition) is 4. The van der Waals surface area contributed by atoms with Gasteiger partial charge in [-0.1, -0.05) is 0 Å². The standard InChI is InChI=1S/C7H17NO4/c1-5(9)3-12-4-6(8-2)7(10)11/h5-11H,3-4H2,1-2H3/t5-,6-/m0/s1. The number of ether oxygens (including phenoxy) is 1. The second kappa shape index (κ2) is 6.33. The molecule has 5 heteroatoms. The molecule has 0 aromatic carbocycles. The van der Waals surface area contributed by atoms with E-state index >= 15 is 0 Å². The lowest BCUT2D eigenvalue weighted by molar-refractivity contribution is -0.0883. The van der Waals surface area contributed by atoms with Gasteiger partial charge in [0.1, 0.15) is 0 Å². The Morgan fingerprint density at radius 3 is 2.17 bits per heavy atom. The maximum atomic E-state index is 8.81. The van der Waals surface area contributed by atoms with E-state index in [1.165, 1.54) is 0 Å². The molecule has 0 spiro atoms. The zero-order valence-electron chi connectivity index (χ0n) is 7.40. The third kappa shape index (κ3) is 5.45. The van der Waals surface area contributed by atoms with Crippen LogP contribution in [0.25, 0.3) is 0 Å². The lowest BCUT2D eigenvalue weighted by atomic mass is 10.3. The molecule has 0 aliphatic rings. The lowest BCUT2D eigenvalue weighted by Gasteiger charge is -2.18. The Kier molecular flexibility index (Phi) is 6.23. The van der Waals surface area contributed by atoms with Gasteiger partial charge >= 0.3 is 0 Å².